The number of likely N-dealkylation sites (tertiary alicyclic amines) is 1. The second-order valence-electron chi connectivity index (χ2n) is 6.30. The highest BCUT2D eigenvalue weighted by Gasteiger charge is 2.24. The first-order chi connectivity index (χ1) is 11.3. The Hall–Kier alpha value is -1.44. The van der Waals surface area contributed by atoms with E-state index in [1.165, 1.54) is 37.8 Å². The maximum Gasteiger partial charge on any atom is 0.337 e. The Kier molecular flexibility index (Phi) is 6.37. The number of nitrogens with zero attached hydrogens (tertiary/aromatic N) is 1. The van der Waals surface area contributed by atoms with Crippen LogP contribution in [0.1, 0.15) is 43.5 Å². The third-order valence-corrected chi connectivity index (χ3v) is 6.01. The number of sulfonamides is 1. The van der Waals surface area contributed by atoms with Gasteiger partial charge in [-0.3, -0.25) is 4.90 Å². The fourth-order valence-electron chi connectivity index (χ4n) is 3.09. The Morgan fingerprint density at radius 3 is 2.58 bits per heavy atom. The van der Waals surface area contributed by atoms with Crippen molar-refractivity contribution in [2.24, 2.45) is 0 Å². The lowest BCUT2D eigenvalue weighted by atomic mass is 10.0. The molecule has 0 spiro atoms. The number of benzene rings is 1. The molecule has 0 unspecified atom stereocenters. The van der Waals surface area contributed by atoms with E-state index in [4.69, 9.17) is 0 Å². The average Bonchev–Trinajstić information content (AvgIpc) is 2.59. The number of esters is 1. The molecular formula is C17H26N2O4S. The molecule has 1 heterocycles. The van der Waals surface area contributed by atoms with Crippen molar-refractivity contribution >= 4 is 16.0 Å². The molecule has 1 aliphatic heterocycles. The minimum atomic E-state index is -3.59. The van der Waals surface area contributed by atoms with Crippen LogP contribution in [0.4, 0.5) is 0 Å². The van der Waals surface area contributed by atoms with Crippen LogP contribution in [-0.4, -0.2) is 51.6 Å². The standard InChI is InChI=1S/C17H26N2O4S/c1-13-6-4-5-11-19(13)14(2)12-18-24(21,22)16-9-7-15(8-10-16)17(20)23-3/h7-10,13-14,18H,4-6,11-12H2,1-3H3/t13-,14+/m1/s1. The molecule has 0 radical (unpaired) electrons. The van der Waals surface area contributed by atoms with Crippen molar-refractivity contribution in [1.82, 2.24) is 9.62 Å². The normalized spacial score (nSPS) is 20.5. The number of hydrogen-bond donors (Lipinski definition) is 1. The van der Waals surface area contributed by atoms with E-state index in [9.17, 15) is 13.2 Å². The molecule has 0 bridgehead atoms. The summed E-state index contributed by atoms with van der Waals surface area (Å²) in [4.78, 5) is 13.9. The summed E-state index contributed by atoms with van der Waals surface area (Å²) in [6, 6.07) is 6.38. The van der Waals surface area contributed by atoms with E-state index >= 15 is 0 Å². The highest BCUT2D eigenvalue weighted by atomic mass is 32.2. The molecule has 1 fully saturated rings. The van der Waals surface area contributed by atoms with Gasteiger partial charge in [-0.05, 0) is 57.5 Å². The highest BCUT2D eigenvalue weighted by Crippen LogP contribution is 2.19. The van der Waals surface area contributed by atoms with Gasteiger partial charge in [0.05, 0.1) is 17.6 Å². The fourth-order valence-corrected chi connectivity index (χ4v) is 4.22. The molecule has 0 aromatic heterocycles. The number of nitrogens with one attached hydrogen (secondary N) is 1. The van der Waals surface area contributed by atoms with Gasteiger partial charge in [0.2, 0.25) is 10.0 Å². The molecule has 7 heteroatoms. The van der Waals surface area contributed by atoms with E-state index in [0.29, 0.717) is 18.2 Å². The summed E-state index contributed by atoms with van der Waals surface area (Å²) >= 11 is 0. The molecule has 1 aromatic rings. The minimum absolute atomic E-state index is 0.143. The van der Waals surface area contributed by atoms with Gasteiger partial charge in [0.15, 0.2) is 0 Å². The quantitative estimate of drug-likeness (QED) is 0.791. The van der Waals surface area contributed by atoms with E-state index in [1.54, 1.807) is 0 Å². The predicted octanol–water partition coefficient (Wildman–Crippen LogP) is 2.01. The van der Waals surface area contributed by atoms with Crippen LogP contribution < -0.4 is 4.72 Å². The first kappa shape index (κ1) is 18.9. The number of piperidine rings is 1. The molecule has 2 rings (SSSR count). The summed E-state index contributed by atoms with van der Waals surface area (Å²) in [5, 5.41) is 0. The van der Waals surface area contributed by atoms with Crippen molar-refractivity contribution in [2.75, 3.05) is 20.2 Å². The van der Waals surface area contributed by atoms with Gasteiger partial charge in [-0.15, -0.1) is 0 Å². The van der Waals surface area contributed by atoms with Crippen LogP contribution in [0, 0.1) is 0 Å². The Morgan fingerprint density at radius 1 is 1.33 bits per heavy atom. The smallest absolute Gasteiger partial charge is 0.337 e. The van der Waals surface area contributed by atoms with Gasteiger partial charge >= 0.3 is 5.97 Å². The largest absolute Gasteiger partial charge is 0.465 e. The topological polar surface area (TPSA) is 75.7 Å². The van der Waals surface area contributed by atoms with Gasteiger partial charge in [0.1, 0.15) is 0 Å². The van der Waals surface area contributed by atoms with Crippen LogP contribution in [0.3, 0.4) is 0 Å². The SMILES string of the molecule is COC(=O)c1ccc(S(=O)(=O)NC[C@H](C)N2CCCC[C@H]2C)cc1. The van der Waals surface area contributed by atoms with E-state index < -0.39 is 16.0 Å². The Bertz CT molecular complexity index is 658. The van der Waals surface area contributed by atoms with Gasteiger partial charge in [0.25, 0.3) is 0 Å². The summed E-state index contributed by atoms with van der Waals surface area (Å²) in [6.07, 6.45) is 3.56. The molecule has 2 atom stereocenters. The van der Waals surface area contributed by atoms with E-state index in [2.05, 4.69) is 21.3 Å². The first-order valence-corrected chi connectivity index (χ1v) is 9.77. The zero-order valence-electron chi connectivity index (χ0n) is 14.5. The number of rotatable bonds is 6. The molecule has 1 N–H and O–H groups in total. The van der Waals surface area contributed by atoms with Crippen molar-refractivity contribution in [3.63, 3.8) is 0 Å². The summed E-state index contributed by atoms with van der Waals surface area (Å²) in [6.45, 7) is 5.61. The van der Waals surface area contributed by atoms with Crippen LogP contribution in [-0.2, 0) is 14.8 Å². The molecule has 6 nitrogen and oxygen atoms in total. The van der Waals surface area contributed by atoms with Crippen molar-refractivity contribution in [3.8, 4) is 0 Å². The predicted molar refractivity (Wildman–Crippen MR) is 92.5 cm³/mol. The number of ether oxygens (including phenoxy) is 1. The number of hydrogen-bond acceptors (Lipinski definition) is 5. The first-order valence-electron chi connectivity index (χ1n) is 8.29. The van der Waals surface area contributed by atoms with Crippen molar-refractivity contribution in [2.45, 2.75) is 50.1 Å². The fraction of sp³-hybridized carbons (Fsp3) is 0.588. The van der Waals surface area contributed by atoms with Crippen molar-refractivity contribution < 1.29 is 17.9 Å². The lowest BCUT2D eigenvalue weighted by Crippen LogP contribution is -2.48. The second-order valence-corrected chi connectivity index (χ2v) is 8.07. The molecule has 134 valence electrons. The molecule has 1 saturated heterocycles. The van der Waals surface area contributed by atoms with Gasteiger partial charge in [0, 0.05) is 18.6 Å². The molecular weight excluding hydrogens is 328 g/mol. The lowest BCUT2D eigenvalue weighted by Gasteiger charge is -2.38. The Balaban J connectivity index is 1.99. The Labute approximate surface area is 144 Å². The van der Waals surface area contributed by atoms with Crippen LogP contribution in [0.25, 0.3) is 0 Å². The average molecular weight is 354 g/mol. The third-order valence-electron chi connectivity index (χ3n) is 4.57. The third kappa shape index (κ3) is 4.55. The number of methoxy groups -OCH3 is 1. The van der Waals surface area contributed by atoms with Crippen molar-refractivity contribution in [3.05, 3.63) is 29.8 Å². The molecule has 0 amide bonds. The summed E-state index contributed by atoms with van der Waals surface area (Å²) in [5.74, 6) is -0.486. The van der Waals surface area contributed by atoms with Crippen molar-refractivity contribution in [1.29, 1.82) is 0 Å². The van der Waals surface area contributed by atoms with Crippen LogP contribution in [0.15, 0.2) is 29.2 Å². The van der Waals surface area contributed by atoms with Gasteiger partial charge < -0.3 is 4.74 Å². The monoisotopic (exact) mass is 354 g/mol. The van der Waals surface area contributed by atoms with Gasteiger partial charge in [-0.1, -0.05) is 6.42 Å². The highest BCUT2D eigenvalue weighted by molar-refractivity contribution is 7.89. The molecule has 1 aliphatic rings. The summed E-state index contributed by atoms with van der Waals surface area (Å²) in [5.41, 5.74) is 0.326. The van der Waals surface area contributed by atoms with E-state index in [-0.39, 0.29) is 10.9 Å². The zero-order chi connectivity index (χ0) is 17.7. The van der Waals surface area contributed by atoms with Crippen LogP contribution >= 0.6 is 0 Å². The summed E-state index contributed by atoms with van der Waals surface area (Å²) < 4.78 is 32.1. The number of carbonyl (C=O) groups excluding carboxylic acids is 1. The van der Waals surface area contributed by atoms with Gasteiger partial charge in [-0.2, -0.15) is 0 Å². The Morgan fingerprint density at radius 2 is 2.00 bits per heavy atom. The van der Waals surface area contributed by atoms with E-state index in [1.807, 2.05) is 6.92 Å². The molecule has 0 saturated carbocycles. The number of carbonyl (C=O) groups is 1. The van der Waals surface area contributed by atoms with Gasteiger partial charge in [-0.25, -0.2) is 17.9 Å². The molecule has 0 aliphatic carbocycles. The van der Waals surface area contributed by atoms with Crippen LogP contribution in [0.2, 0.25) is 0 Å². The summed E-state index contributed by atoms with van der Waals surface area (Å²) in [7, 11) is -2.30. The molecule has 1 aromatic carbocycles. The second kappa shape index (κ2) is 8.09. The maximum atomic E-state index is 12.4. The van der Waals surface area contributed by atoms with Crippen LogP contribution in [0.5, 0.6) is 0 Å². The maximum absolute atomic E-state index is 12.4. The lowest BCUT2D eigenvalue weighted by molar-refractivity contribution is 0.0600. The van der Waals surface area contributed by atoms with E-state index in [0.717, 1.165) is 19.4 Å². The molecule has 24 heavy (non-hydrogen) atoms. The minimum Gasteiger partial charge on any atom is -0.465 e. The zero-order valence-corrected chi connectivity index (χ0v) is 15.3.